The van der Waals surface area contributed by atoms with Gasteiger partial charge in [-0.05, 0) is 23.1 Å². The van der Waals surface area contributed by atoms with Crippen LogP contribution < -0.4 is 4.74 Å². The van der Waals surface area contributed by atoms with E-state index in [1.165, 1.54) is 16.7 Å². The van der Waals surface area contributed by atoms with Crippen LogP contribution >= 0.6 is 0 Å². The average Bonchev–Trinajstić information content (AvgIpc) is 2.37. The van der Waals surface area contributed by atoms with E-state index in [-0.39, 0.29) is 10.8 Å². The Hall–Kier alpha value is -1.76. The third-order valence-electron chi connectivity index (χ3n) is 4.24. The summed E-state index contributed by atoms with van der Waals surface area (Å²) in [7, 11) is 0. The first-order chi connectivity index (χ1) is 9.32. The molecule has 0 aromatic heterocycles. The molecule has 0 N–H and O–H groups in total. The molecule has 20 heavy (non-hydrogen) atoms. The first kappa shape index (κ1) is 13.2. The molecule has 2 aromatic carbocycles. The van der Waals surface area contributed by atoms with Crippen LogP contribution in [0.5, 0.6) is 11.5 Å². The van der Waals surface area contributed by atoms with E-state index in [4.69, 9.17) is 4.74 Å². The zero-order chi connectivity index (χ0) is 14.5. The van der Waals surface area contributed by atoms with Gasteiger partial charge in [0, 0.05) is 16.5 Å². The van der Waals surface area contributed by atoms with E-state index < -0.39 is 0 Å². The van der Waals surface area contributed by atoms with Gasteiger partial charge in [-0.25, -0.2) is 0 Å². The second-order valence-corrected chi connectivity index (χ2v) is 7.15. The van der Waals surface area contributed by atoms with Crippen molar-refractivity contribution >= 4 is 0 Å². The number of benzene rings is 2. The summed E-state index contributed by atoms with van der Waals surface area (Å²) in [6, 6.07) is 14.8. The van der Waals surface area contributed by atoms with Crippen LogP contribution in [0.2, 0.25) is 0 Å². The Morgan fingerprint density at radius 1 is 0.850 bits per heavy atom. The molecule has 0 spiro atoms. The predicted octanol–water partition coefficient (Wildman–Crippen LogP) is 5.42. The first-order valence-electron chi connectivity index (χ1n) is 7.23. The van der Waals surface area contributed by atoms with Gasteiger partial charge in [-0.2, -0.15) is 0 Å². The third-order valence-corrected chi connectivity index (χ3v) is 4.24. The molecule has 1 heterocycles. The van der Waals surface area contributed by atoms with E-state index in [1.54, 1.807) is 0 Å². The molecule has 0 fully saturated rings. The number of ether oxygens (including phenoxy) is 1. The van der Waals surface area contributed by atoms with Crippen molar-refractivity contribution in [3.63, 3.8) is 0 Å². The van der Waals surface area contributed by atoms with Crippen molar-refractivity contribution in [2.45, 2.75) is 45.4 Å². The molecule has 0 aliphatic carbocycles. The molecule has 0 bridgehead atoms. The lowest BCUT2D eigenvalue weighted by atomic mass is 9.69. The molecule has 3 rings (SSSR count). The van der Waals surface area contributed by atoms with Crippen molar-refractivity contribution < 1.29 is 4.74 Å². The van der Waals surface area contributed by atoms with Crippen molar-refractivity contribution in [1.29, 1.82) is 0 Å². The van der Waals surface area contributed by atoms with Crippen LogP contribution in [0.3, 0.4) is 0 Å². The molecule has 1 nitrogen and oxygen atoms in total. The average molecular weight is 266 g/mol. The lowest BCUT2D eigenvalue weighted by Gasteiger charge is -2.38. The highest BCUT2D eigenvalue weighted by Gasteiger charge is 2.37. The van der Waals surface area contributed by atoms with Gasteiger partial charge in [0.25, 0.3) is 0 Å². The fraction of sp³-hybridized carbons (Fsp3) is 0.368. The summed E-state index contributed by atoms with van der Waals surface area (Å²) in [6.45, 7) is 11.4. The summed E-state index contributed by atoms with van der Waals surface area (Å²) in [5, 5.41) is 0. The lowest BCUT2D eigenvalue weighted by molar-refractivity contribution is 0.408. The van der Waals surface area contributed by atoms with Gasteiger partial charge in [0.1, 0.15) is 11.5 Å². The fourth-order valence-corrected chi connectivity index (χ4v) is 3.21. The Labute approximate surface area is 121 Å². The Morgan fingerprint density at radius 2 is 1.50 bits per heavy atom. The summed E-state index contributed by atoms with van der Waals surface area (Å²) in [6.07, 6.45) is 0. The monoisotopic (exact) mass is 266 g/mol. The van der Waals surface area contributed by atoms with Gasteiger partial charge in [-0.3, -0.25) is 0 Å². The van der Waals surface area contributed by atoms with E-state index in [2.05, 4.69) is 71.0 Å². The number of para-hydroxylation sites is 1. The molecule has 2 aromatic rings. The second-order valence-electron chi connectivity index (χ2n) is 7.15. The van der Waals surface area contributed by atoms with Gasteiger partial charge in [0.15, 0.2) is 0 Å². The van der Waals surface area contributed by atoms with Gasteiger partial charge in [0.2, 0.25) is 0 Å². The largest absolute Gasteiger partial charge is 0.457 e. The Kier molecular flexibility index (Phi) is 2.72. The molecule has 0 atom stereocenters. The molecule has 0 amide bonds. The zero-order valence-corrected chi connectivity index (χ0v) is 12.9. The van der Waals surface area contributed by atoms with Crippen molar-refractivity contribution in [3.05, 3.63) is 59.2 Å². The molecule has 1 aliphatic rings. The van der Waals surface area contributed by atoms with E-state index >= 15 is 0 Å². The standard InChI is InChI=1S/C19H22O/c1-18(2,3)14-10-8-12-16-17(14)19(4,5)13-9-6-7-11-15(13)20-16/h6-12H,1-5H3. The summed E-state index contributed by atoms with van der Waals surface area (Å²) in [5.74, 6) is 1.98. The summed E-state index contributed by atoms with van der Waals surface area (Å²) in [4.78, 5) is 0. The van der Waals surface area contributed by atoms with Crippen LogP contribution in [0.25, 0.3) is 0 Å². The minimum Gasteiger partial charge on any atom is -0.457 e. The lowest BCUT2D eigenvalue weighted by Crippen LogP contribution is -2.29. The highest BCUT2D eigenvalue weighted by molar-refractivity contribution is 5.60. The van der Waals surface area contributed by atoms with E-state index in [0.29, 0.717) is 0 Å². The van der Waals surface area contributed by atoms with Crippen LogP contribution in [0.1, 0.15) is 51.3 Å². The van der Waals surface area contributed by atoms with Gasteiger partial charge >= 0.3 is 0 Å². The first-order valence-corrected chi connectivity index (χ1v) is 7.23. The summed E-state index contributed by atoms with van der Waals surface area (Å²) >= 11 is 0. The minimum atomic E-state index is -0.0337. The minimum absolute atomic E-state index is 0.0337. The third kappa shape index (κ3) is 1.84. The van der Waals surface area contributed by atoms with E-state index in [0.717, 1.165) is 11.5 Å². The maximum atomic E-state index is 6.15. The normalized spacial score (nSPS) is 16.1. The molecule has 0 saturated carbocycles. The molecule has 1 aliphatic heterocycles. The molecular weight excluding hydrogens is 244 g/mol. The molecule has 104 valence electrons. The van der Waals surface area contributed by atoms with Crippen molar-refractivity contribution in [2.24, 2.45) is 0 Å². The Morgan fingerprint density at radius 3 is 2.20 bits per heavy atom. The number of fused-ring (bicyclic) bond motifs is 2. The number of hydrogen-bond acceptors (Lipinski definition) is 1. The Balaban J connectivity index is 2.31. The van der Waals surface area contributed by atoms with Gasteiger partial charge < -0.3 is 4.74 Å². The van der Waals surface area contributed by atoms with E-state index in [9.17, 15) is 0 Å². The number of rotatable bonds is 0. The van der Waals surface area contributed by atoms with Crippen LogP contribution in [-0.2, 0) is 10.8 Å². The Bertz CT molecular complexity index is 660. The van der Waals surface area contributed by atoms with Crippen LogP contribution in [0.15, 0.2) is 42.5 Å². The molecular formula is C19H22O. The highest BCUT2D eigenvalue weighted by atomic mass is 16.5. The maximum absolute atomic E-state index is 6.15. The topological polar surface area (TPSA) is 9.23 Å². The molecule has 0 saturated heterocycles. The SMILES string of the molecule is CC(C)(C)c1cccc2c1C(C)(C)c1ccccc1O2. The summed E-state index contributed by atoms with van der Waals surface area (Å²) in [5.41, 5.74) is 4.04. The van der Waals surface area contributed by atoms with Crippen LogP contribution in [0, 0.1) is 0 Å². The predicted molar refractivity (Wildman–Crippen MR) is 83.8 cm³/mol. The van der Waals surface area contributed by atoms with Crippen molar-refractivity contribution in [1.82, 2.24) is 0 Å². The zero-order valence-electron chi connectivity index (χ0n) is 12.9. The van der Waals surface area contributed by atoms with Crippen LogP contribution in [-0.4, -0.2) is 0 Å². The van der Waals surface area contributed by atoms with E-state index in [1.807, 2.05) is 6.07 Å². The quantitative estimate of drug-likeness (QED) is 0.619. The molecule has 0 radical (unpaired) electrons. The van der Waals surface area contributed by atoms with Gasteiger partial charge in [-0.1, -0.05) is 65.0 Å². The highest BCUT2D eigenvalue weighted by Crippen LogP contribution is 2.50. The van der Waals surface area contributed by atoms with Crippen LogP contribution in [0.4, 0.5) is 0 Å². The number of hydrogen-bond donors (Lipinski definition) is 0. The van der Waals surface area contributed by atoms with Gasteiger partial charge in [-0.15, -0.1) is 0 Å². The van der Waals surface area contributed by atoms with Crippen molar-refractivity contribution in [3.8, 4) is 11.5 Å². The maximum Gasteiger partial charge on any atom is 0.131 e. The second kappa shape index (κ2) is 4.12. The molecule has 1 heteroatoms. The summed E-state index contributed by atoms with van der Waals surface area (Å²) < 4.78 is 6.15. The smallest absolute Gasteiger partial charge is 0.131 e. The fourth-order valence-electron chi connectivity index (χ4n) is 3.21. The molecule has 0 unspecified atom stereocenters. The van der Waals surface area contributed by atoms with Crippen molar-refractivity contribution in [2.75, 3.05) is 0 Å². The van der Waals surface area contributed by atoms with Gasteiger partial charge in [0.05, 0.1) is 0 Å².